The van der Waals surface area contributed by atoms with E-state index in [0.717, 1.165) is 19.0 Å². The Morgan fingerprint density at radius 3 is 2.60 bits per heavy atom. The zero-order valence-electron chi connectivity index (χ0n) is 13.3. The highest BCUT2D eigenvalue weighted by molar-refractivity contribution is 5.84. The van der Waals surface area contributed by atoms with Crippen LogP contribution >= 0.6 is 0 Å². The van der Waals surface area contributed by atoms with E-state index in [1.165, 1.54) is 38.5 Å². The number of primary amides is 1. The van der Waals surface area contributed by atoms with Gasteiger partial charge in [-0.3, -0.25) is 9.69 Å². The van der Waals surface area contributed by atoms with Crippen molar-refractivity contribution in [1.29, 1.82) is 0 Å². The molecule has 116 valence electrons. The van der Waals surface area contributed by atoms with Crippen molar-refractivity contribution in [2.45, 2.75) is 76.9 Å². The van der Waals surface area contributed by atoms with E-state index in [2.05, 4.69) is 24.1 Å². The molecule has 2 fully saturated rings. The maximum Gasteiger partial charge on any atom is 0.238 e. The van der Waals surface area contributed by atoms with Crippen molar-refractivity contribution in [3.8, 4) is 0 Å². The average Bonchev–Trinajstić information content (AvgIpc) is 2.38. The number of likely N-dealkylation sites (tertiary alicyclic amines) is 1. The Labute approximate surface area is 123 Å². The molecule has 0 aromatic heterocycles. The van der Waals surface area contributed by atoms with Gasteiger partial charge in [0, 0.05) is 18.6 Å². The summed E-state index contributed by atoms with van der Waals surface area (Å²) in [6, 6.07) is 0.935. The summed E-state index contributed by atoms with van der Waals surface area (Å²) in [6.07, 6.45) is 8.01. The summed E-state index contributed by atoms with van der Waals surface area (Å²) in [4.78, 5) is 14.5. The van der Waals surface area contributed by atoms with Gasteiger partial charge in [0.25, 0.3) is 0 Å². The largest absolute Gasteiger partial charge is 0.368 e. The van der Waals surface area contributed by atoms with Gasteiger partial charge in [0.05, 0.1) is 0 Å². The summed E-state index contributed by atoms with van der Waals surface area (Å²) < 4.78 is 0. The summed E-state index contributed by atoms with van der Waals surface area (Å²) in [5, 5.41) is 3.38. The number of amides is 1. The van der Waals surface area contributed by atoms with Gasteiger partial charge in [0.15, 0.2) is 0 Å². The molecule has 1 aliphatic carbocycles. The van der Waals surface area contributed by atoms with Gasteiger partial charge < -0.3 is 11.1 Å². The summed E-state index contributed by atoms with van der Waals surface area (Å²) in [5.74, 6) is 0.609. The number of fused-ring (bicyclic) bond motifs is 1. The van der Waals surface area contributed by atoms with Crippen molar-refractivity contribution >= 4 is 5.91 Å². The Morgan fingerprint density at radius 2 is 1.95 bits per heavy atom. The topological polar surface area (TPSA) is 58.4 Å². The quantitative estimate of drug-likeness (QED) is 0.809. The monoisotopic (exact) mass is 281 g/mol. The van der Waals surface area contributed by atoms with E-state index < -0.39 is 5.54 Å². The van der Waals surface area contributed by atoms with Gasteiger partial charge in [0.1, 0.15) is 5.54 Å². The van der Waals surface area contributed by atoms with Crippen LogP contribution in [0.2, 0.25) is 0 Å². The van der Waals surface area contributed by atoms with Gasteiger partial charge in [0.2, 0.25) is 5.91 Å². The molecule has 0 radical (unpaired) electrons. The fourth-order valence-electron chi connectivity index (χ4n) is 4.16. The average molecular weight is 281 g/mol. The van der Waals surface area contributed by atoms with E-state index in [1.807, 2.05) is 6.92 Å². The standard InChI is InChI=1S/C16H31N3O/c1-12(2)18-16(3,15(17)20)11-19-10-6-8-13-7-4-5-9-14(13)19/h12-14,18H,4-11H2,1-3H3,(H2,17,20). The number of piperidine rings is 1. The van der Waals surface area contributed by atoms with Crippen LogP contribution in [-0.2, 0) is 4.79 Å². The zero-order valence-corrected chi connectivity index (χ0v) is 13.3. The number of nitrogens with one attached hydrogen (secondary N) is 1. The Balaban J connectivity index is 2.06. The van der Waals surface area contributed by atoms with Crippen LogP contribution in [0.25, 0.3) is 0 Å². The predicted molar refractivity (Wildman–Crippen MR) is 82.4 cm³/mol. The first-order valence-corrected chi connectivity index (χ1v) is 8.24. The molecular formula is C16H31N3O. The molecule has 0 bridgehead atoms. The van der Waals surface area contributed by atoms with Gasteiger partial charge in [-0.15, -0.1) is 0 Å². The third-order valence-electron chi connectivity index (χ3n) is 5.03. The SMILES string of the molecule is CC(C)NC(C)(CN1CCCC2CCCCC21)C(N)=O. The maximum atomic E-state index is 11.9. The number of nitrogens with two attached hydrogens (primary N) is 1. The highest BCUT2D eigenvalue weighted by Gasteiger charge is 2.39. The summed E-state index contributed by atoms with van der Waals surface area (Å²) in [7, 11) is 0. The molecule has 1 saturated carbocycles. The van der Waals surface area contributed by atoms with Crippen LogP contribution in [0.4, 0.5) is 0 Å². The predicted octanol–water partition coefficient (Wildman–Crippen LogP) is 1.88. The summed E-state index contributed by atoms with van der Waals surface area (Å²) in [6.45, 7) is 7.97. The second-order valence-corrected chi connectivity index (χ2v) is 7.22. The van der Waals surface area contributed by atoms with Gasteiger partial charge in [-0.2, -0.15) is 0 Å². The normalized spacial score (nSPS) is 30.8. The molecule has 0 spiro atoms. The molecule has 20 heavy (non-hydrogen) atoms. The maximum absolute atomic E-state index is 11.9. The Hall–Kier alpha value is -0.610. The third-order valence-corrected chi connectivity index (χ3v) is 5.03. The van der Waals surface area contributed by atoms with Crippen molar-refractivity contribution in [3.63, 3.8) is 0 Å². The van der Waals surface area contributed by atoms with E-state index in [9.17, 15) is 4.79 Å². The molecule has 1 saturated heterocycles. The molecule has 1 aliphatic heterocycles. The lowest BCUT2D eigenvalue weighted by Gasteiger charge is -2.47. The van der Waals surface area contributed by atoms with E-state index in [0.29, 0.717) is 6.04 Å². The second kappa shape index (κ2) is 6.44. The minimum atomic E-state index is -0.618. The molecular weight excluding hydrogens is 250 g/mol. The number of carbonyl (C=O) groups excluding carboxylic acids is 1. The lowest BCUT2D eigenvalue weighted by atomic mass is 9.77. The van der Waals surface area contributed by atoms with E-state index in [4.69, 9.17) is 5.73 Å². The minimum Gasteiger partial charge on any atom is -0.368 e. The Bertz CT molecular complexity index is 343. The first kappa shape index (κ1) is 15.8. The molecule has 2 aliphatic rings. The van der Waals surface area contributed by atoms with E-state index in [1.54, 1.807) is 0 Å². The first-order chi connectivity index (χ1) is 9.42. The summed E-state index contributed by atoms with van der Waals surface area (Å²) >= 11 is 0. The lowest BCUT2D eigenvalue weighted by Crippen LogP contribution is -2.63. The molecule has 3 N–H and O–H groups in total. The van der Waals surface area contributed by atoms with Crippen LogP contribution in [0.5, 0.6) is 0 Å². The Kier molecular flexibility index (Phi) is 5.08. The van der Waals surface area contributed by atoms with Crippen LogP contribution in [-0.4, -0.2) is 41.5 Å². The van der Waals surface area contributed by atoms with Gasteiger partial charge in [-0.25, -0.2) is 0 Å². The lowest BCUT2D eigenvalue weighted by molar-refractivity contribution is -0.125. The van der Waals surface area contributed by atoms with Crippen molar-refractivity contribution in [3.05, 3.63) is 0 Å². The Morgan fingerprint density at radius 1 is 1.30 bits per heavy atom. The minimum absolute atomic E-state index is 0.232. The molecule has 2 rings (SSSR count). The number of carbonyl (C=O) groups is 1. The highest BCUT2D eigenvalue weighted by Crippen LogP contribution is 2.35. The van der Waals surface area contributed by atoms with Crippen LogP contribution in [0.15, 0.2) is 0 Å². The van der Waals surface area contributed by atoms with E-state index in [-0.39, 0.29) is 11.9 Å². The van der Waals surface area contributed by atoms with Crippen LogP contribution < -0.4 is 11.1 Å². The fraction of sp³-hybridized carbons (Fsp3) is 0.938. The van der Waals surface area contributed by atoms with Crippen molar-refractivity contribution < 1.29 is 4.79 Å². The molecule has 3 atom stereocenters. The molecule has 4 nitrogen and oxygen atoms in total. The molecule has 1 amide bonds. The smallest absolute Gasteiger partial charge is 0.238 e. The molecule has 4 heteroatoms. The van der Waals surface area contributed by atoms with Crippen LogP contribution in [0.3, 0.4) is 0 Å². The van der Waals surface area contributed by atoms with Crippen molar-refractivity contribution in [2.24, 2.45) is 11.7 Å². The number of nitrogens with zero attached hydrogens (tertiary/aromatic N) is 1. The van der Waals surface area contributed by atoms with Gasteiger partial charge in [-0.1, -0.05) is 12.8 Å². The van der Waals surface area contributed by atoms with Crippen LogP contribution in [0, 0.1) is 5.92 Å². The zero-order chi connectivity index (χ0) is 14.8. The second-order valence-electron chi connectivity index (χ2n) is 7.22. The van der Waals surface area contributed by atoms with Crippen LogP contribution in [0.1, 0.15) is 59.3 Å². The summed E-state index contributed by atoms with van der Waals surface area (Å²) in [5.41, 5.74) is 5.06. The number of hydrogen-bond donors (Lipinski definition) is 2. The molecule has 0 aromatic carbocycles. The first-order valence-electron chi connectivity index (χ1n) is 8.24. The van der Waals surface area contributed by atoms with Crippen molar-refractivity contribution in [2.75, 3.05) is 13.1 Å². The van der Waals surface area contributed by atoms with Crippen molar-refractivity contribution in [1.82, 2.24) is 10.2 Å². The molecule has 0 aromatic rings. The van der Waals surface area contributed by atoms with Gasteiger partial charge in [-0.05, 0) is 58.9 Å². The number of rotatable bonds is 5. The molecule has 1 heterocycles. The fourth-order valence-corrected chi connectivity index (χ4v) is 4.16. The highest BCUT2D eigenvalue weighted by atomic mass is 16.1. The molecule has 3 unspecified atom stereocenters. The van der Waals surface area contributed by atoms with Gasteiger partial charge >= 0.3 is 0 Å². The third kappa shape index (κ3) is 3.53. The number of hydrogen-bond acceptors (Lipinski definition) is 3. The van der Waals surface area contributed by atoms with E-state index >= 15 is 0 Å².